The second-order valence-corrected chi connectivity index (χ2v) is 5.58. The van der Waals surface area contributed by atoms with E-state index in [0.717, 1.165) is 11.4 Å². The third-order valence-corrected chi connectivity index (χ3v) is 3.64. The van der Waals surface area contributed by atoms with Gasteiger partial charge in [-0.25, -0.2) is 4.57 Å². The molecule has 0 aliphatic heterocycles. The Hall–Kier alpha value is -0.0200. The van der Waals surface area contributed by atoms with E-state index >= 15 is 0 Å². The summed E-state index contributed by atoms with van der Waals surface area (Å²) in [5, 5.41) is 0. The van der Waals surface area contributed by atoms with Crippen LogP contribution in [0.5, 0.6) is 0 Å². The maximum Gasteiger partial charge on any atom is 0.387 e. The van der Waals surface area contributed by atoms with Crippen LogP contribution in [0.4, 0.5) is 0 Å². The van der Waals surface area contributed by atoms with Crippen LogP contribution in [0.1, 0.15) is 0 Å². The van der Waals surface area contributed by atoms with Crippen molar-refractivity contribution in [3.8, 4) is 0 Å². The predicted octanol–water partition coefficient (Wildman–Crippen LogP) is 2.21. The molecule has 5 heteroatoms. The fourth-order valence-corrected chi connectivity index (χ4v) is 2.28. The monoisotopic (exact) mass is 194 g/mol. The fourth-order valence-electron chi connectivity index (χ4n) is 0.331. The first-order valence-corrected chi connectivity index (χ1v) is 6.13. The zero-order chi connectivity index (χ0) is 8.74. The second kappa shape index (κ2) is 5.61. The average molecular weight is 194 g/mol. The highest BCUT2D eigenvalue weighted by atomic mass is 32.7. The third-order valence-electron chi connectivity index (χ3n) is 0.711. The summed E-state index contributed by atoms with van der Waals surface area (Å²) in [6.45, 7) is 3.42. The van der Waals surface area contributed by atoms with Crippen LogP contribution in [0.2, 0.25) is 0 Å². The quantitative estimate of drug-likeness (QED) is 0.520. The van der Waals surface area contributed by atoms with Crippen LogP contribution in [0.15, 0.2) is 25.3 Å². The summed E-state index contributed by atoms with van der Waals surface area (Å²) in [6.07, 6.45) is 2.97. The normalized spacial score (nSPS) is 15.4. The Morgan fingerprint density at radius 3 is 2.64 bits per heavy atom. The van der Waals surface area contributed by atoms with Gasteiger partial charge >= 0.3 is 6.80 Å². The summed E-state index contributed by atoms with van der Waals surface area (Å²) in [5.74, 6) is 0.408. The van der Waals surface area contributed by atoms with Crippen LogP contribution in [-0.2, 0) is 9.09 Å². The highest BCUT2D eigenvalue weighted by Gasteiger charge is 2.17. The molecule has 0 aliphatic carbocycles. The van der Waals surface area contributed by atoms with Gasteiger partial charge in [-0.1, -0.05) is 12.2 Å². The van der Waals surface area contributed by atoms with Gasteiger partial charge in [-0.3, -0.25) is 4.52 Å². The Bertz CT molecular complexity index is 165. The minimum absolute atomic E-state index is 0.0952. The Labute approximate surface area is 70.4 Å². The lowest BCUT2D eigenvalue weighted by Gasteiger charge is -2.07. The molecule has 0 aromatic rings. The minimum atomic E-state index is -3.45. The molecular formula is C6H11O3PS. The van der Waals surface area contributed by atoms with Gasteiger partial charge in [0, 0.05) is 5.75 Å². The maximum absolute atomic E-state index is 10.9. The first-order chi connectivity index (χ1) is 5.12. The van der Waals surface area contributed by atoms with E-state index in [-0.39, 0.29) is 6.61 Å². The van der Waals surface area contributed by atoms with Gasteiger partial charge in [0.25, 0.3) is 0 Å². The Morgan fingerprint density at radius 1 is 1.55 bits per heavy atom. The van der Waals surface area contributed by atoms with Crippen LogP contribution in [0, 0.1) is 0 Å². The average Bonchev–Trinajstić information content (AvgIpc) is 1.97. The largest absolute Gasteiger partial charge is 0.387 e. The molecular weight excluding hydrogens is 183 g/mol. The smallest absolute Gasteiger partial charge is 0.316 e. The molecule has 0 aliphatic rings. The molecule has 0 saturated carbocycles. The van der Waals surface area contributed by atoms with Crippen molar-refractivity contribution in [1.29, 1.82) is 0 Å². The molecule has 0 aromatic carbocycles. The molecule has 0 bridgehead atoms. The predicted molar refractivity (Wildman–Crippen MR) is 48.6 cm³/mol. The van der Waals surface area contributed by atoms with Gasteiger partial charge in [0.15, 0.2) is 0 Å². The van der Waals surface area contributed by atoms with Gasteiger partial charge in [-0.05, 0) is 11.4 Å². The molecule has 1 N–H and O–H groups in total. The van der Waals surface area contributed by atoms with Gasteiger partial charge in [0.2, 0.25) is 0 Å². The van der Waals surface area contributed by atoms with Crippen LogP contribution in [0.3, 0.4) is 0 Å². The van der Waals surface area contributed by atoms with Crippen molar-refractivity contribution in [2.24, 2.45) is 0 Å². The maximum atomic E-state index is 10.9. The topological polar surface area (TPSA) is 46.5 Å². The van der Waals surface area contributed by atoms with E-state index in [9.17, 15) is 4.57 Å². The van der Waals surface area contributed by atoms with Crippen LogP contribution >= 0.6 is 18.2 Å². The van der Waals surface area contributed by atoms with Gasteiger partial charge in [0.05, 0.1) is 6.61 Å². The summed E-state index contributed by atoms with van der Waals surface area (Å²) in [7, 11) is 0. The first-order valence-electron chi connectivity index (χ1n) is 2.96. The Morgan fingerprint density at radius 2 is 2.18 bits per heavy atom. The van der Waals surface area contributed by atoms with Crippen LogP contribution in [0.25, 0.3) is 0 Å². The standard InChI is InChI=1S/C6H11O3PS/c1-3-5-9-10(7,8)11-6-4-2/h3-4H,1-2,5-6H2,(H,7,8). The Balaban J connectivity index is 3.69. The van der Waals surface area contributed by atoms with Crippen molar-refractivity contribution in [2.45, 2.75) is 0 Å². The SMILES string of the molecule is C=CCOP(=O)(O)SCC=C. The molecule has 0 saturated heterocycles. The van der Waals surface area contributed by atoms with E-state index in [1.807, 2.05) is 0 Å². The van der Waals surface area contributed by atoms with Gasteiger partial charge < -0.3 is 4.89 Å². The zero-order valence-electron chi connectivity index (χ0n) is 6.10. The van der Waals surface area contributed by atoms with Crippen molar-refractivity contribution in [2.75, 3.05) is 12.4 Å². The zero-order valence-corrected chi connectivity index (χ0v) is 7.81. The highest BCUT2D eigenvalue weighted by Crippen LogP contribution is 2.55. The second-order valence-electron chi connectivity index (χ2n) is 1.64. The summed E-state index contributed by atoms with van der Waals surface area (Å²) >= 11 is 0.842. The molecule has 1 atom stereocenters. The summed E-state index contributed by atoms with van der Waals surface area (Å²) in [5.41, 5.74) is 0. The lowest BCUT2D eigenvalue weighted by molar-refractivity contribution is 0.306. The minimum Gasteiger partial charge on any atom is -0.316 e. The van der Waals surface area contributed by atoms with E-state index in [1.165, 1.54) is 6.08 Å². The molecule has 64 valence electrons. The molecule has 0 fully saturated rings. The third kappa shape index (κ3) is 6.38. The van der Waals surface area contributed by atoms with Crippen molar-refractivity contribution >= 4 is 18.2 Å². The fraction of sp³-hybridized carbons (Fsp3) is 0.333. The molecule has 1 unspecified atom stereocenters. The van der Waals surface area contributed by atoms with E-state index in [2.05, 4.69) is 17.7 Å². The van der Waals surface area contributed by atoms with E-state index < -0.39 is 6.80 Å². The van der Waals surface area contributed by atoms with Crippen LogP contribution in [-0.4, -0.2) is 17.3 Å². The summed E-state index contributed by atoms with van der Waals surface area (Å²) in [6, 6.07) is 0. The van der Waals surface area contributed by atoms with Crippen molar-refractivity contribution in [1.82, 2.24) is 0 Å². The van der Waals surface area contributed by atoms with Crippen LogP contribution < -0.4 is 0 Å². The molecule has 0 aromatic heterocycles. The van der Waals surface area contributed by atoms with Crippen molar-refractivity contribution in [3.63, 3.8) is 0 Å². The lowest BCUT2D eigenvalue weighted by atomic mass is 10.7. The molecule has 0 heterocycles. The molecule has 0 amide bonds. The summed E-state index contributed by atoms with van der Waals surface area (Å²) < 4.78 is 15.5. The lowest BCUT2D eigenvalue weighted by Crippen LogP contribution is -1.85. The molecule has 3 nitrogen and oxygen atoms in total. The summed E-state index contributed by atoms with van der Waals surface area (Å²) in [4.78, 5) is 8.98. The van der Waals surface area contributed by atoms with E-state index in [0.29, 0.717) is 5.75 Å². The van der Waals surface area contributed by atoms with Gasteiger partial charge in [-0.2, -0.15) is 0 Å². The van der Waals surface area contributed by atoms with Crippen molar-refractivity contribution < 1.29 is 14.0 Å². The number of rotatable bonds is 6. The van der Waals surface area contributed by atoms with E-state index in [4.69, 9.17) is 4.89 Å². The molecule has 0 rings (SSSR count). The van der Waals surface area contributed by atoms with Gasteiger partial charge in [-0.15, -0.1) is 13.2 Å². The Kier molecular flexibility index (Phi) is 5.60. The number of hydrogen-bond acceptors (Lipinski definition) is 3. The first kappa shape index (κ1) is 11.0. The molecule has 0 spiro atoms. The van der Waals surface area contributed by atoms with Gasteiger partial charge in [0.1, 0.15) is 0 Å². The number of hydrogen-bond donors (Lipinski definition) is 1. The molecule has 0 radical (unpaired) electrons. The molecule has 11 heavy (non-hydrogen) atoms. The highest BCUT2D eigenvalue weighted by molar-refractivity contribution is 8.54. The van der Waals surface area contributed by atoms with Crippen molar-refractivity contribution in [3.05, 3.63) is 25.3 Å². The van der Waals surface area contributed by atoms with E-state index in [1.54, 1.807) is 6.08 Å².